The van der Waals surface area contributed by atoms with Gasteiger partial charge in [0.15, 0.2) is 5.13 Å². The summed E-state index contributed by atoms with van der Waals surface area (Å²) in [6, 6.07) is 0.416. The van der Waals surface area contributed by atoms with Crippen LogP contribution in [0.3, 0.4) is 0 Å². The molecule has 0 radical (unpaired) electrons. The predicted molar refractivity (Wildman–Crippen MR) is 96.8 cm³/mol. The molecule has 1 aliphatic rings. The maximum absolute atomic E-state index is 11.1. The molecule has 3 heterocycles. The Morgan fingerprint density at radius 1 is 1.40 bits per heavy atom. The van der Waals surface area contributed by atoms with Gasteiger partial charge < -0.3 is 10.1 Å². The van der Waals surface area contributed by atoms with Crippen molar-refractivity contribution in [3.05, 3.63) is 28.7 Å². The minimum atomic E-state index is -0.0978. The summed E-state index contributed by atoms with van der Waals surface area (Å²) in [6.07, 6.45) is 4.70. The molecule has 134 valence electrons. The van der Waals surface area contributed by atoms with Gasteiger partial charge in [-0.3, -0.25) is 9.69 Å². The van der Waals surface area contributed by atoms with Crippen molar-refractivity contribution in [1.82, 2.24) is 19.9 Å². The highest BCUT2D eigenvalue weighted by atomic mass is 32.1. The number of thiazole rings is 1. The van der Waals surface area contributed by atoms with Gasteiger partial charge in [-0.15, -0.1) is 11.3 Å². The second-order valence-electron chi connectivity index (χ2n) is 6.47. The molecule has 0 spiro atoms. The van der Waals surface area contributed by atoms with E-state index >= 15 is 0 Å². The van der Waals surface area contributed by atoms with Crippen molar-refractivity contribution >= 4 is 22.4 Å². The van der Waals surface area contributed by atoms with E-state index in [-0.39, 0.29) is 12.0 Å². The fourth-order valence-electron chi connectivity index (χ4n) is 2.93. The van der Waals surface area contributed by atoms with Gasteiger partial charge in [-0.1, -0.05) is 0 Å². The van der Waals surface area contributed by atoms with Crippen molar-refractivity contribution in [2.45, 2.75) is 52.8 Å². The van der Waals surface area contributed by atoms with Gasteiger partial charge in [0.05, 0.1) is 0 Å². The third-order valence-electron chi connectivity index (χ3n) is 4.18. The first-order valence-corrected chi connectivity index (χ1v) is 9.15. The number of hydrogen-bond acceptors (Lipinski definition) is 7. The van der Waals surface area contributed by atoms with E-state index in [0.29, 0.717) is 17.1 Å². The van der Waals surface area contributed by atoms with Crippen LogP contribution in [0.25, 0.3) is 0 Å². The molecule has 3 rings (SSSR count). The summed E-state index contributed by atoms with van der Waals surface area (Å²) in [5, 5.41) is 3.37. The van der Waals surface area contributed by atoms with Crippen molar-refractivity contribution in [3.63, 3.8) is 0 Å². The predicted octanol–water partition coefficient (Wildman–Crippen LogP) is 2.55. The van der Waals surface area contributed by atoms with Crippen LogP contribution in [0.2, 0.25) is 0 Å². The van der Waals surface area contributed by atoms with Gasteiger partial charge in [0.2, 0.25) is 11.8 Å². The lowest BCUT2D eigenvalue weighted by Crippen LogP contribution is -2.27. The molecule has 0 saturated carbocycles. The maximum Gasteiger partial charge on any atom is 0.223 e. The van der Waals surface area contributed by atoms with E-state index < -0.39 is 0 Å². The Morgan fingerprint density at radius 2 is 2.20 bits per heavy atom. The van der Waals surface area contributed by atoms with Crippen molar-refractivity contribution < 1.29 is 9.53 Å². The number of anilines is 1. The molecule has 25 heavy (non-hydrogen) atoms. The summed E-state index contributed by atoms with van der Waals surface area (Å²) < 4.78 is 6.12. The van der Waals surface area contributed by atoms with Crippen molar-refractivity contribution in [3.8, 4) is 5.88 Å². The van der Waals surface area contributed by atoms with Gasteiger partial charge in [0, 0.05) is 55.3 Å². The summed E-state index contributed by atoms with van der Waals surface area (Å²) in [5.74, 6) is 1.30. The highest BCUT2D eigenvalue weighted by Gasteiger charge is 2.31. The lowest BCUT2D eigenvalue weighted by Gasteiger charge is -2.19. The van der Waals surface area contributed by atoms with Gasteiger partial charge in [0.25, 0.3) is 0 Å². The lowest BCUT2D eigenvalue weighted by molar-refractivity contribution is -0.114. The fourth-order valence-corrected chi connectivity index (χ4v) is 3.81. The molecule has 0 bridgehead atoms. The molecule has 2 aromatic rings. The first-order valence-electron chi connectivity index (χ1n) is 8.34. The Labute approximate surface area is 151 Å². The van der Waals surface area contributed by atoms with Crippen molar-refractivity contribution in [2.75, 3.05) is 11.9 Å². The monoisotopic (exact) mass is 361 g/mol. The highest BCUT2D eigenvalue weighted by molar-refractivity contribution is 7.15. The van der Waals surface area contributed by atoms with Gasteiger partial charge in [-0.25, -0.2) is 9.97 Å². The van der Waals surface area contributed by atoms with Crippen LogP contribution in [-0.2, 0) is 11.3 Å². The van der Waals surface area contributed by atoms with Gasteiger partial charge >= 0.3 is 0 Å². The van der Waals surface area contributed by atoms with Crippen molar-refractivity contribution in [2.24, 2.45) is 0 Å². The van der Waals surface area contributed by atoms with Gasteiger partial charge in [0.1, 0.15) is 11.9 Å². The van der Waals surface area contributed by atoms with Crippen LogP contribution in [0.15, 0.2) is 12.4 Å². The topological polar surface area (TPSA) is 80.2 Å². The summed E-state index contributed by atoms with van der Waals surface area (Å²) in [5.41, 5.74) is 0.958. The second kappa shape index (κ2) is 7.45. The van der Waals surface area contributed by atoms with Crippen LogP contribution in [0.4, 0.5) is 5.13 Å². The molecule has 1 saturated heterocycles. The van der Waals surface area contributed by atoms with Crippen LogP contribution >= 0.6 is 11.3 Å². The standard InChI is InChI=1S/C17H23N5O2S/c1-10-6-18-12(3)20-16(10)24-14-5-11(2)22(8-14)9-15-7-19-17(25-15)21-13(4)23/h6-7,11,14H,5,8-9H2,1-4H3,(H,19,21,23)/t11-,14+/m0/s1. The van der Waals surface area contributed by atoms with Crippen LogP contribution in [0, 0.1) is 13.8 Å². The number of carbonyl (C=O) groups is 1. The minimum Gasteiger partial charge on any atom is -0.473 e. The Kier molecular flexibility index (Phi) is 5.29. The van der Waals surface area contributed by atoms with Crippen molar-refractivity contribution in [1.29, 1.82) is 0 Å². The zero-order valence-electron chi connectivity index (χ0n) is 14.9. The number of aromatic nitrogens is 3. The average molecular weight is 361 g/mol. The van der Waals surface area contributed by atoms with E-state index in [2.05, 4.69) is 32.1 Å². The van der Waals surface area contributed by atoms with E-state index in [0.717, 1.165) is 35.8 Å². The number of amides is 1. The number of ether oxygens (including phenoxy) is 1. The van der Waals surface area contributed by atoms with E-state index in [4.69, 9.17) is 4.74 Å². The van der Waals surface area contributed by atoms with E-state index in [1.165, 1.54) is 18.3 Å². The summed E-state index contributed by atoms with van der Waals surface area (Å²) >= 11 is 1.51. The number of nitrogens with one attached hydrogen (secondary N) is 1. The average Bonchev–Trinajstić information content (AvgIpc) is 3.10. The maximum atomic E-state index is 11.1. The molecule has 2 aromatic heterocycles. The number of carbonyl (C=O) groups excluding carboxylic acids is 1. The number of likely N-dealkylation sites (tertiary alicyclic amines) is 1. The first-order chi connectivity index (χ1) is 11.9. The molecule has 0 aromatic carbocycles. The molecule has 0 aliphatic carbocycles. The Hall–Kier alpha value is -2.06. The molecule has 7 nitrogen and oxygen atoms in total. The first kappa shape index (κ1) is 17.8. The normalized spacial score (nSPS) is 20.6. The molecular weight excluding hydrogens is 338 g/mol. The molecule has 8 heteroatoms. The number of aryl methyl sites for hydroxylation is 2. The number of nitrogens with zero attached hydrogens (tertiary/aromatic N) is 4. The van der Waals surface area contributed by atoms with Crippen LogP contribution in [0.1, 0.15) is 36.5 Å². The van der Waals surface area contributed by atoms with Crippen LogP contribution < -0.4 is 10.1 Å². The lowest BCUT2D eigenvalue weighted by atomic mass is 10.2. The molecule has 1 aliphatic heterocycles. The van der Waals surface area contributed by atoms with Gasteiger partial charge in [-0.05, 0) is 20.8 Å². The highest BCUT2D eigenvalue weighted by Crippen LogP contribution is 2.27. The molecule has 0 unspecified atom stereocenters. The zero-order chi connectivity index (χ0) is 18.0. The quantitative estimate of drug-likeness (QED) is 0.881. The number of hydrogen-bond donors (Lipinski definition) is 1. The van der Waals surface area contributed by atoms with E-state index in [9.17, 15) is 4.79 Å². The molecular formula is C17H23N5O2S. The zero-order valence-corrected chi connectivity index (χ0v) is 15.8. The van der Waals surface area contributed by atoms with Crippen LogP contribution in [0.5, 0.6) is 5.88 Å². The molecule has 2 atom stereocenters. The summed E-state index contributed by atoms with van der Waals surface area (Å²) in [4.78, 5) is 27.4. The Balaban J connectivity index is 1.60. The molecule has 1 amide bonds. The molecule has 1 fully saturated rings. The summed E-state index contributed by atoms with van der Waals surface area (Å²) in [6.45, 7) is 9.18. The summed E-state index contributed by atoms with van der Waals surface area (Å²) in [7, 11) is 0. The fraction of sp³-hybridized carbons (Fsp3) is 0.529. The smallest absolute Gasteiger partial charge is 0.223 e. The second-order valence-corrected chi connectivity index (χ2v) is 7.59. The molecule has 1 N–H and O–H groups in total. The van der Waals surface area contributed by atoms with Crippen LogP contribution in [-0.4, -0.2) is 44.4 Å². The SMILES string of the molecule is CC(=O)Nc1ncc(CN2C[C@H](Oc3nc(C)ncc3C)C[C@@H]2C)s1. The Bertz CT molecular complexity index is 763. The largest absolute Gasteiger partial charge is 0.473 e. The van der Waals surface area contributed by atoms with Gasteiger partial charge in [-0.2, -0.15) is 4.98 Å². The third-order valence-corrected chi connectivity index (χ3v) is 5.08. The van der Waals surface area contributed by atoms with E-state index in [1.54, 1.807) is 6.20 Å². The Morgan fingerprint density at radius 3 is 2.96 bits per heavy atom. The number of rotatable bonds is 5. The minimum absolute atomic E-state index is 0.0978. The van der Waals surface area contributed by atoms with E-state index in [1.807, 2.05) is 20.0 Å². The third kappa shape index (κ3) is 4.52.